The number of hydrogen-bond acceptors (Lipinski definition) is 5. The molecule has 2 aromatic rings. The van der Waals surface area contributed by atoms with Crippen LogP contribution in [0, 0.1) is 0 Å². The minimum absolute atomic E-state index is 0.100. The molecule has 0 saturated heterocycles. The molecule has 0 atom stereocenters. The molecular weight excluding hydrogens is 332 g/mol. The first-order chi connectivity index (χ1) is 12.6. The lowest BCUT2D eigenvalue weighted by atomic mass is 10.2. The zero-order chi connectivity index (χ0) is 18.8. The van der Waals surface area contributed by atoms with Crippen LogP contribution in [0.4, 0.5) is 0 Å². The molecule has 136 valence electrons. The van der Waals surface area contributed by atoms with E-state index in [1.807, 2.05) is 24.3 Å². The van der Waals surface area contributed by atoms with Crippen molar-refractivity contribution in [3.8, 4) is 5.75 Å². The molecule has 0 fully saturated rings. The SMILES string of the molecule is CCOC(=O)COc1ccc(/C=C/C(=O)N(C)Cc2cccnc2)cc1. The van der Waals surface area contributed by atoms with Crippen LogP contribution in [0.5, 0.6) is 5.75 Å². The third-order valence-electron chi connectivity index (χ3n) is 3.48. The maximum atomic E-state index is 12.2. The van der Waals surface area contributed by atoms with Gasteiger partial charge in [0.2, 0.25) is 5.91 Å². The normalized spacial score (nSPS) is 10.5. The van der Waals surface area contributed by atoms with Crippen LogP contribution in [0.25, 0.3) is 6.08 Å². The molecule has 0 radical (unpaired) electrons. The van der Waals surface area contributed by atoms with E-state index < -0.39 is 5.97 Å². The van der Waals surface area contributed by atoms with Gasteiger partial charge >= 0.3 is 5.97 Å². The summed E-state index contributed by atoms with van der Waals surface area (Å²) in [7, 11) is 1.74. The molecule has 1 heterocycles. The van der Waals surface area contributed by atoms with E-state index in [4.69, 9.17) is 9.47 Å². The van der Waals surface area contributed by atoms with E-state index in [2.05, 4.69) is 4.98 Å². The number of carbonyl (C=O) groups is 2. The molecule has 0 aliphatic carbocycles. The van der Waals surface area contributed by atoms with Gasteiger partial charge in [-0.2, -0.15) is 0 Å². The average Bonchev–Trinajstić information content (AvgIpc) is 2.66. The molecule has 6 heteroatoms. The number of benzene rings is 1. The van der Waals surface area contributed by atoms with Crippen LogP contribution < -0.4 is 4.74 Å². The number of esters is 1. The predicted molar refractivity (Wildman–Crippen MR) is 98.3 cm³/mol. The summed E-state index contributed by atoms with van der Waals surface area (Å²) in [5, 5.41) is 0. The summed E-state index contributed by atoms with van der Waals surface area (Å²) >= 11 is 0. The van der Waals surface area contributed by atoms with Gasteiger partial charge in [0.05, 0.1) is 6.61 Å². The standard InChI is InChI=1S/C20H22N2O4/c1-3-25-20(24)15-26-18-9-6-16(7-10-18)8-11-19(23)22(2)14-17-5-4-12-21-13-17/h4-13H,3,14-15H2,1-2H3/b11-8+. The summed E-state index contributed by atoms with van der Waals surface area (Å²) in [6, 6.07) is 10.9. The first-order valence-corrected chi connectivity index (χ1v) is 8.29. The third kappa shape index (κ3) is 6.39. The fourth-order valence-electron chi connectivity index (χ4n) is 2.16. The average molecular weight is 354 g/mol. The van der Waals surface area contributed by atoms with E-state index in [1.165, 1.54) is 6.08 Å². The second-order valence-electron chi connectivity index (χ2n) is 5.55. The van der Waals surface area contributed by atoms with E-state index >= 15 is 0 Å². The highest BCUT2D eigenvalue weighted by Crippen LogP contribution is 2.13. The van der Waals surface area contributed by atoms with Crippen LogP contribution in [0.15, 0.2) is 54.9 Å². The van der Waals surface area contributed by atoms with Crippen molar-refractivity contribution >= 4 is 18.0 Å². The van der Waals surface area contributed by atoms with Crippen molar-refractivity contribution in [2.75, 3.05) is 20.3 Å². The Labute approximate surface area is 153 Å². The van der Waals surface area contributed by atoms with E-state index in [0.29, 0.717) is 18.9 Å². The maximum Gasteiger partial charge on any atom is 0.344 e. The summed E-state index contributed by atoms with van der Waals surface area (Å²) in [5.74, 6) is 0.0606. The van der Waals surface area contributed by atoms with Gasteiger partial charge in [0, 0.05) is 32.1 Å². The van der Waals surface area contributed by atoms with Crippen molar-refractivity contribution in [3.05, 3.63) is 66.0 Å². The van der Waals surface area contributed by atoms with Gasteiger partial charge in [-0.05, 0) is 42.3 Å². The summed E-state index contributed by atoms with van der Waals surface area (Å²) in [5.41, 5.74) is 1.83. The molecule has 0 bridgehead atoms. The molecule has 0 unspecified atom stereocenters. The quantitative estimate of drug-likeness (QED) is 0.538. The third-order valence-corrected chi connectivity index (χ3v) is 3.48. The number of carbonyl (C=O) groups excluding carboxylic acids is 2. The van der Waals surface area contributed by atoms with Crippen LogP contribution in [-0.4, -0.2) is 42.0 Å². The predicted octanol–water partition coefficient (Wildman–Crippen LogP) is 2.70. The van der Waals surface area contributed by atoms with Gasteiger partial charge in [0.25, 0.3) is 0 Å². The van der Waals surface area contributed by atoms with Crippen LogP contribution in [0.3, 0.4) is 0 Å². The highest BCUT2D eigenvalue weighted by molar-refractivity contribution is 5.91. The first-order valence-electron chi connectivity index (χ1n) is 8.29. The second-order valence-corrected chi connectivity index (χ2v) is 5.55. The maximum absolute atomic E-state index is 12.2. The van der Waals surface area contributed by atoms with Gasteiger partial charge < -0.3 is 14.4 Å². The molecule has 0 aliphatic heterocycles. The summed E-state index contributed by atoms with van der Waals surface area (Å²) in [4.78, 5) is 29.1. The highest BCUT2D eigenvalue weighted by atomic mass is 16.6. The summed E-state index contributed by atoms with van der Waals surface area (Å²) in [6.07, 6.45) is 6.69. The smallest absolute Gasteiger partial charge is 0.344 e. The number of pyridine rings is 1. The van der Waals surface area contributed by atoms with Crippen molar-refractivity contribution < 1.29 is 19.1 Å². The number of hydrogen-bond donors (Lipinski definition) is 0. The van der Waals surface area contributed by atoms with Crippen molar-refractivity contribution in [1.82, 2.24) is 9.88 Å². The molecule has 6 nitrogen and oxygen atoms in total. The van der Waals surface area contributed by atoms with Crippen LogP contribution in [0.2, 0.25) is 0 Å². The molecule has 0 aliphatic rings. The minimum atomic E-state index is -0.404. The molecular formula is C20H22N2O4. The first kappa shape index (κ1) is 19.2. The molecule has 1 amide bonds. The number of likely N-dealkylation sites (N-methyl/N-ethyl adjacent to an activating group) is 1. The second kappa shape index (κ2) is 9.98. The Morgan fingerprint density at radius 1 is 1.19 bits per heavy atom. The summed E-state index contributed by atoms with van der Waals surface area (Å²) in [6.45, 7) is 2.45. The number of rotatable bonds is 8. The molecule has 1 aromatic heterocycles. The van der Waals surface area contributed by atoms with Gasteiger partial charge in [-0.25, -0.2) is 4.79 Å². The fourth-order valence-corrected chi connectivity index (χ4v) is 2.16. The largest absolute Gasteiger partial charge is 0.482 e. The van der Waals surface area contributed by atoms with Gasteiger partial charge in [0.15, 0.2) is 6.61 Å². The van der Waals surface area contributed by atoms with E-state index in [-0.39, 0.29) is 12.5 Å². The Hall–Kier alpha value is -3.15. The monoisotopic (exact) mass is 354 g/mol. The van der Waals surface area contributed by atoms with Crippen molar-refractivity contribution in [2.45, 2.75) is 13.5 Å². The van der Waals surface area contributed by atoms with Crippen molar-refractivity contribution in [3.63, 3.8) is 0 Å². The van der Waals surface area contributed by atoms with Crippen LogP contribution in [0.1, 0.15) is 18.1 Å². The van der Waals surface area contributed by atoms with E-state index in [9.17, 15) is 9.59 Å². The van der Waals surface area contributed by atoms with Gasteiger partial charge in [0.1, 0.15) is 5.75 Å². The lowest BCUT2D eigenvalue weighted by molar-refractivity contribution is -0.145. The Morgan fingerprint density at radius 2 is 1.96 bits per heavy atom. The molecule has 0 N–H and O–H groups in total. The van der Waals surface area contributed by atoms with Gasteiger partial charge in [-0.1, -0.05) is 18.2 Å². The number of aromatic nitrogens is 1. The zero-order valence-electron chi connectivity index (χ0n) is 14.9. The zero-order valence-corrected chi connectivity index (χ0v) is 14.9. The van der Waals surface area contributed by atoms with E-state index in [1.54, 1.807) is 49.5 Å². The molecule has 2 rings (SSSR count). The molecule has 26 heavy (non-hydrogen) atoms. The Kier molecular flexibility index (Phi) is 7.36. The Balaban J connectivity index is 1.85. The number of nitrogens with zero attached hydrogens (tertiary/aromatic N) is 2. The number of amides is 1. The van der Waals surface area contributed by atoms with Crippen LogP contribution in [-0.2, 0) is 20.9 Å². The van der Waals surface area contributed by atoms with Crippen LogP contribution >= 0.6 is 0 Å². The van der Waals surface area contributed by atoms with Crippen molar-refractivity contribution in [1.29, 1.82) is 0 Å². The molecule has 0 saturated carbocycles. The lowest BCUT2D eigenvalue weighted by Gasteiger charge is -2.14. The highest BCUT2D eigenvalue weighted by Gasteiger charge is 2.06. The lowest BCUT2D eigenvalue weighted by Crippen LogP contribution is -2.24. The number of ether oxygens (including phenoxy) is 2. The Morgan fingerprint density at radius 3 is 2.62 bits per heavy atom. The minimum Gasteiger partial charge on any atom is -0.482 e. The molecule has 0 spiro atoms. The summed E-state index contributed by atoms with van der Waals surface area (Å²) < 4.78 is 10.1. The fraction of sp³-hybridized carbons (Fsp3) is 0.250. The van der Waals surface area contributed by atoms with Crippen molar-refractivity contribution in [2.24, 2.45) is 0 Å². The molecule has 1 aromatic carbocycles. The topological polar surface area (TPSA) is 68.7 Å². The van der Waals surface area contributed by atoms with E-state index in [0.717, 1.165) is 11.1 Å². The van der Waals surface area contributed by atoms with Gasteiger partial charge in [-0.15, -0.1) is 0 Å². The van der Waals surface area contributed by atoms with Gasteiger partial charge in [-0.3, -0.25) is 9.78 Å². The Bertz CT molecular complexity index is 742.